The highest BCUT2D eigenvalue weighted by molar-refractivity contribution is 8.00. The van der Waals surface area contributed by atoms with Gasteiger partial charge in [-0.25, -0.2) is 14.8 Å². The minimum Gasteiger partial charge on any atom is -0.484 e. The van der Waals surface area contributed by atoms with Crippen molar-refractivity contribution in [3.05, 3.63) is 40.7 Å². The first-order valence-corrected chi connectivity index (χ1v) is 11.4. The Morgan fingerprint density at radius 3 is 2.88 bits per heavy atom. The topological polar surface area (TPSA) is 185 Å². The molecule has 2 amide bonds. The molecular formula is C18H19N7O6S2. The summed E-state index contributed by atoms with van der Waals surface area (Å²) in [6, 6.07) is -0.959. The maximum Gasteiger partial charge on any atom is 0.356 e. The van der Waals surface area contributed by atoms with Gasteiger partial charge in [-0.15, -0.1) is 23.1 Å². The number of oxime groups is 1. The van der Waals surface area contributed by atoms with Crippen molar-refractivity contribution >= 4 is 51.7 Å². The lowest BCUT2D eigenvalue weighted by molar-refractivity contribution is -0.150. The molecule has 1 saturated heterocycles. The number of rotatable bonds is 8. The second-order valence-electron chi connectivity index (χ2n) is 6.87. The zero-order chi connectivity index (χ0) is 23.7. The Bertz CT molecular complexity index is 1150. The number of β-lactam (4-membered cyclic amide) rings is 1. The number of aliphatic carboxylic acids is 1. The predicted molar refractivity (Wildman–Crippen MR) is 118 cm³/mol. The van der Waals surface area contributed by atoms with Crippen molar-refractivity contribution in [1.29, 1.82) is 0 Å². The first kappa shape index (κ1) is 22.6. The number of nitrogens with one attached hydrogen (secondary N) is 2. The number of hydrogen-bond acceptors (Lipinski definition) is 11. The molecule has 0 bridgehead atoms. The van der Waals surface area contributed by atoms with Crippen molar-refractivity contribution in [3.63, 3.8) is 0 Å². The third-order valence-corrected chi connectivity index (χ3v) is 6.74. The Balaban J connectivity index is 1.51. The van der Waals surface area contributed by atoms with Crippen LogP contribution < -0.4 is 11.1 Å². The number of carboxylic acid groups (broad SMARTS) is 1. The summed E-state index contributed by atoms with van der Waals surface area (Å²) in [4.78, 5) is 54.5. The number of aromatic nitrogens is 3. The lowest BCUT2D eigenvalue weighted by Gasteiger charge is -2.49. The number of carbonyl (C=O) groups excluding carboxylic acids is 2. The molecule has 0 aliphatic carbocycles. The third-order valence-electron chi connectivity index (χ3n) is 4.81. The number of imidazole rings is 1. The molecule has 0 spiro atoms. The smallest absolute Gasteiger partial charge is 0.356 e. The number of carboxylic acids is 1. The molecular weight excluding hydrogens is 474 g/mol. The van der Waals surface area contributed by atoms with Gasteiger partial charge >= 0.3 is 5.97 Å². The van der Waals surface area contributed by atoms with E-state index < -0.39 is 35.3 Å². The Morgan fingerprint density at radius 1 is 1.48 bits per heavy atom. The lowest BCUT2D eigenvalue weighted by atomic mass is 10.0. The number of nitrogen functional groups attached to an aromatic ring is 1. The summed E-state index contributed by atoms with van der Waals surface area (Å²) in [6.45, 7) is 1.71. The van der Waals surface area contributed by atoms with E-state index in [1.165, 1.54) is 24.3 Å². The number of H-pyrrole nitrogens is 1. The number of hydrogen-bond donors (Lipinski definition) is 4. The molecule has 4 heterocycles. The van der Waals surface area contributed by atoms with Crippen LogP contribution in [0.15, 0.2) is 34.4 Å². The molecule has 5 N–H and O–H groups in total. The summed E-state index contributed by atoms with van der Waals surface area (Å²) >= 11 is 2.39. The number of carbonyl (C=O) groups is 3. The van der Waals surface area contributed by atoms with Gasteiger partial charge in [-0.2, -0.15) is 0 Å². The van der Waals surface area contributed by atoms with Crippen molar-refractivity contribution < 1.29 is 29.1 Å². The number of fused-ring (bicyclic) bond motifs is 1. The number of aromatic amines is 1. The highest BCUT2D eigenvalue weighted by atomic mass is 32.2. The second-order valence-corrected chi connectivity index (χ2v) is 8.86. The van der Waals surface area contributed by atoms with Gasteiger partial charge in [0.1, 0.15) is 35.8 Å². The number of amides is 2. The van der Waals surface area contributed by atoms with Gasteiger partial charge in [0.2, 0.25) is 0 Å². The molecule has 3 atom stereocenters. The lowest BCUT2D eigenvalue weighted by Crippen LogP contribution is -2.71. The monoisotopic (exact) mass is 493 g/mol. The van der Waals surface area contributed by atoms with Crippen LogP contribution in [0.1, 0.15) is 24.5 Å². The van der Waals surface area contributed by atoms with E-state index in [0.717, 1.165) is 16.2 Å². The van der Waals surface area contributed by atoms with Gasteiger partial charge in [-0.05, 0) is 6.92 Å². The first-order chi connectivity index (χ1) is 15.8. The van der Waals surface area contributed by atoms with E-state index in [-0.39, 0.29) is 33.7 Å². The van der Waals surface area contributed by atoms with Crippen LogP contribution in [0.5, 0.6) is 0 Å². The van der Waals surface area contributed by atoms with E-state index in [1.54, 1.807) is 19.3 Å². The molecule has 2 aliphatic heterocycles. The molecule has 33 heavy (non-hydrogen) atoms. The fourth-order valence-corrected chi connectivity index (χ4v) is 5.16. The summed E-state index contributed by atoms with van der Waals surface area (Å²) in [5.41, 5.74) is 5.41. The molecule has 0 radical (unpaired) electrons. The molecule has 2 aliphatic rings. The number of ether oxygens (including phenoxy) is 1. The summed E-state index contributed by atoms with van der Waals surface area (Å²) in [6.07, 6.45) is 2.63. The van der Waals surface area contributed by atoms with Gasteiger partial charge in [-0.3, -0.25) is 14.5 Å². The molecule has 15 heteroatoms. The van der Waals surface area contributed by atoms with E-state index in [1.807, 2.05) is 0 Å². The number of nitrogens with two attached hydrogens (primary N) is 1. The van der Waals surface area contributed by atoms with Gasteiger partial charge in [0.15, 0.2) is 22.6 Å². The van der Waals surface area contributed by atoms with Crippen LogP contribution in [0.2, 0.25) is 0 Å². The van der Waals surface area contributed by atoms with Crippen molar-refractivity contribution in [2.24, 2.45) is 5.16 Å². The van der Waals surface area contributed by atoms with Crippen molar-refractivity contribution in [1.82, 2.24) is 25.2 Å². The fraction of sp³-hybridized carbons (Fsp3) is 0.333. The summed E-state index contributed by atoms with van der Waals surface area (Å²) in [7, 11) is 1.27. The molecule has 0 aromatic carbocycles. The van der Waals surface area contributed by atoms with Crippen molar-refractivity contribution in [2.45, 2.75) is 24.4 Å². The minimum atomic E-state index is -1.31. The van der Waals surface area contributed by atoms with Crippen LogP contribution in [0.25, 0.3) is 0 Å². The molecule has 174 valence electrons. The van der Waals surface area contributed by atoms with Crippen LogP contribution in [0.4, 0.5) is 5.13 Å². The van der Waals surface area contributed by atoms with E-state index in [0.29, 0.717) is 5.82 Å². The number of anilines is 1. The Morgan fingerprint density at radius 2 is 2.27 bits per heavy atom. The highest BCUT2D eigenvalue weighted by Crippen LogP contribution is 2.41. The molecule has 1 fully saturated rings. The number of thiazole rings is 1. The van der Waals surface area contributed by atoms with Crippen LogP contribution in [0.3, 0.4) is 0 Å². The standard InChI is InChI=1S/C18H19N7O6S2/c1-7(13-20-3-4-21-13)31-9-6-32-16-11(15(27)25(16)12(9)17(28)29)23-14(26)10(24-30-2)8-5-33-18(19)22-8/h3-5,7,11,16H,6H2,1-2H3,(H2,19,22)(H,20,21)(H,23,26)(H,28,29)/b24-10-/t7?,11-,16+/m1/s1. The van der Waals surface area contributed by atoms with Gasteiger partial charge in [0.05, 0.1) is 5.75 Å². The molecule has 1 unspecified atom stereocenters. The predicted octanol–water partition coefficient (Wildman–Crippen LogP) is 0.273. The van der Waals surface area contributed by atoms with Crippen LogP contribution in [-0.4, -0.2) is 72.7 Å². The quantitative estimate of drug-likeness (QED) is 0.226. The Kier molecular flexibility index (Phi) is 6.24. The van der Waals surface area contributed by atoms with E-state index in [9.17, 15) is 19.5 Å². The first-order valence-electron chi connectivity index (χ1n) is 9.52. The van der Waals surface area contributed by atoms with Crippen LogP contribution >= 0.6 is 23.1 Å². The normalized spacial score (nSPS) is 21.2. The van der Waals surface area contributed by atoms with E-state index in [2.05, 4.69) is 25.4 Å². The largest absolute Gasteiger partial charge is 0.484 e. The molecule has 4 rings (SSSR count). The molecule has 13 nitrogen and oxygen atoms in total. The van der Waals surface area contributed by atoms with E-state index in [4.69, 9.17) is 15.3 Å². The average Bonchev–Trinajstić information content (AvgIpc) is 3.47. The maximum atomic E-state index is 12.8. The summed E-state index contributed by atoms with van der Waals surface area (Å²) in [5.74, 6) is -1.73. The zero-order valence-corrected chi connectivity index (χ0v) is 19.0. The van der Waals surface area contributed by atoms with Gasteiger partial charge in [0.25, 0.3) is 11.8 Å². The molecule has 0 saturated carbocycles. The third kappa shape index (κ3) is 4.23. The highest BCUT2D eigenvalue weighted by Gasteiger charge is 2.55. The summed E-state index contributed by atoms with van der Waals surface area (Å²) < 4.78 is 5.81. The maximum absolute atomic E-state index is 12.8. The van der Waals surface area contributed by atoms with Crippen LogP contribution in [0, 0.1) is 0 Å². The second kappa shape index (κ2) is 9.11. The zero-order valence-electron chi connectivity index (χ0n) is 17.3. The van der Waals surface area contributed by atoms with Gasteiger partial charge in [-0.1, -0.05) is 5.16 Å². The van der Waals surface area contributed by atoms with E-state index >= 15 is 0 Å². The van der Waals surface area contributed by atoms with Crippen LogP contribution in [-0.2, 0) is 24.0 Å². The minimum absolute atomic E-state index is 0.144. The van der Waals surface area contributed by atoms with Crippen molar-refractivity contribution in [3.8, 4) is 0 Å². The van der Waals surface area contributed by atoms with Gasteiger partial charge in [0, 0.05) is 17.8 Å². The van der Waals surface area contributed by atoms with Crippen molar-refractivity contribution in [2.75, 3.05) is 18.6 Å². The molecule has 2 aromatic heterocycles. The Hall–Kier alpha value is -3.59. The number of thioether (sulfide) groups is 1. The number of nitrogens with zero attached hydrogens (tertiary/aromatic N) is 4. The fourth-order valence-electron chi connectivity index (χ4n) is 3.35. The average molecular weight is 494 g/mol. The SMILES string of the molecule is CO/N=C(\C(=O)N[C@@H]1C(=O)N2C(C(=O)O)=C(OC(C)c3ncc[nH]3)CS[C@@H]12)c1csc(N)n1. The Labute approximate surface area is 195 Å². The van der Waals surface area contributed by atoms with Gasteiger partial charge < -0.3 is 30.7 Å². The molecule has 2 aromatic rings. The summed E-state index contributed by atoms with van der Waals surface area (Å²) in [5, 5.41) is 17.2.